The van der Waals surface area contributed by atoms with E-state index in [1.807, 2.05) is 49.1 Å². The molecule has 0 radical (unpaired) electrons. The quantitative estimate of drug-likeness (QED) is 0.0397. The first kappa shape index (κ1) is 74.4. The van der Waals surface area contributed by atoms with Crippen LogP contribution in [0.15, 0.2) is 389 Å². The third kappa shape index (κ3) is 15.9. The molecule has 5 aromatic heterocycles. The van der Waals surface area contributed by atoms with Crippen molar-refractivity contribution in [2.45, 2.75) is 77.0 Å². The normalized spacial score (nSPS) is 11.6. The Morgan fingerprint density at radius 1 is 0.158 bits per heavy atom. The van der Waals surface area contributed by atoms with Gasteiger partial charge in [0.15, 0.2) is 0 Å². The molecule has 0 aliphatic carbocycles. The molecule has 0 unspecified atom stereocenters. The van der Waals surface area contributed by atoms with Crippen molar-refractivity contribution in [3.63, 3.8) is 0 Å². The van der Waals surface area contributed by atoms with Crippen molar-refractivity contribution in [1.82, 2.24) is 29.9 Å². The van der Waals surface area contributed by atoms with E-state index in [0.717, 1.165) is 149 Å². The number of nitrogens with zero attached hydrogens (tertiary/aromatic N) is 6. The highest BCUT2D eigenvalue weighted by Gasteiger charge is 2.22. The molecule has 0 saturated heterocycles. The fraction of sp³-hybridized carbons (Fsp3) is 0.105. The van der Waals surface area contributed by atoms with Gasteiger partial charge in [0.25, 0.3) is 0 Å². The summed E-state index contributed by atoms with van der Waals surface area (Å²) in [7, 11) is 0. The van der Waals surface area contributed by atoms with Crippen LogP contribution in [0.2, 0.25) is 0 Å². The van der Waals surface area contributed by atoms with Crippen LogP contribution in [-0.4, -0.2) is 29.9 Å². The van der Waals surface area contributed by atoms with Crippen molar-refractivity contribution in [3.05, 3.63) is 456 Å². The smallest absolute Gasteiger partial charge is 0.116 e. The maximum absolute atomic E-state index is 5.17. The van der Waals surface area contributed by atoms with Crippen LogP contribution >= 0.6 is 0 Å². The molecule has 0 N–H and O–H groups in total. The summed E-state index contributed by atoms with van der Waals surface area (Å²) in [5, 5.41) is 9.62. The van der Waals surface area contributed by atoms with Gasteiger partial charge in [0.1, 0.15) is 6.33 Å². The standard InChI is InChI=1S/C114H88N6/c1-5-22-85(23-6-1)101-72-93(107-32-13-17-60-115-107)54-50-89(101)46-40-81-64-79(65-82(68-81)41-47-90-51-55-94(108-33-14-18-61-116-108)73-102(90)86-24-7-2-8-25-86)38-36-77-44-58-99-105(70-77)97-30-21-31-98-106-71-78(45-59-100(106)114-112(111(97)98)113(99)119-76-120-114)37-39-80-66-83(42-48-91-52-56-95(109-34-15-19-62-117-109)74-103(91)87-26-9-3-10-27-87)69-84(67-80)43-49-92-53-57-96(110-35-16-20-63-118-110)75-104(92)88-28-11-4-12-29-88/h1-35,44-45,50-76H,36-43,46-49H2. The number of benzene rings is 15. The Kier molecular flexibility index (Phi) is 21.1. The average molecular weight is 1540 g/mol. The zero-order chi connectivity index (χ0) is 79.9. The molecule has 6 heteroatoms. The second-order valence-corrected chi connectivity index (χ2v) is 32.1. The zero-order valence-corrected chi connectivity index (χ0v) is 67.1. The third-order valence-corrected chi connectivity index (χ3v) is 24.4. The van der Waals surface area contributed by atoms with E-state index in [1.54, 1.807) is 6.33 Å². The molecular weight excluding hydrogens is 1450 g/mol. The number of aryl methyl sites for hydroxylation is 12. The SMILES string of the molecule is c1ccc(-c2cc(-c3ccccn3)ccc2CCc2cc(CCc3ccc4c(c3)c3cccc5c6cc(CCc7cc(CCc8ccc(-c9ccccn9)cc8-c8ccccc8)cc(CCc8ccc(-c9ccccn9)cc8-c8ccccc8)c7)ccc6c6ncnc4c6c35)cc(CCc3ccc(-c4ccccn4)cc3-c3ccccc3)c2)cc1. The van der Waals surface area contributed by atoms with Gasteiger partial charge in [-0.3, -0.25) is 19.9 Å². The molecule has 15 aromatic carbocycles. The molecular formula is C114H88N6. The van der Waals surface area contributed by atoms with Gasteiger partial charge < -0.3 is 0 Å². The Labute approximate surface area is 701 Å². The molecule has 20 rings (SSSR count). The van der Waals surface area contributed by atoms with Crippen LogP contribution in [0.4, 0.5) is 0 Å². The van der Waals surface area contributed by atoms with Gasteiger partial charge in [0.2, 0.25) is 0 Å². The van der Waals surface area contributed by atoms with Gasteiger partial charge in [0.05, 0.1) is 33.8 Å². The van der Waals surface area contributed by atoms with E-state index in [2.05, 4.69) is 334 Å². The predicted octanol–water partition coefficient (Wildman–Crippen LogP) is 27.3. The fourth-order valence-electron chi connectivity index (χ4n) is 18.4. The van der Waals surface area contributed by atoms with Gasteiger partial charge in [-0.25, -0.2) is 9.97 Å². The number of rotatable bonds is 26. The minimum absolute atomic E-state index is 0.885. The first-order valence-electron chi connectivity index (χ1n) is 42.3. The maximum Gasteiger partial charge on any atom is 0.116 e. The minimum Gasteiger partial charge on any atom is -0.256 e. The highest BCUT2D eigenvalue weighted by atomic mass is 14.8. The fourth-order valence-corrected chi connectivity index (χ4v) is 18.4. The summed E-state index contributed by atoms with van der Waals surface area (Å²) in [6.45, 7) is 0. The first-order chi connectivity index (χ1) is 59.4. The molecule has 20 aromatic rings. The van der Waals surface area contributed by atoms with Crippen LogP contribution in [0.1, 0.15) is 66.8 Å². The van der Waals surface area contributed by atoms with Gasteiger partial charge in [-0.1, -0.05) is 285 Å². The van der Waals surface area contributed by atoms with E-state index in [1.165, 1.54) is 138 Å². The molecule has 574 valence electrons. The second kappa shape index (κ2) is 34.0. The van der Waals surface area contributed by atoms with Crippen LogP contribution in [0.3, 0.4) is 0 Å². The van der Waals surface area contributed by atoms with Gasteiger partial charge in [0, 0.05) is 68.6 Å². The Balaban J connectivity index is 0.612. The molecule has 0 bridgehead atoms. The monoisotopic (exact) mass is 1540 g/mol. The van der Waals surface area contributed by atoms with E-state index in [-0.39, 0.29) is 0 Å². The largest absolute Gasteiger partial charge is 0.256 e. The van der Waals surface area contributed by atoms with Gasteiger partial charge >= 0.3 is 0 Å². The highest BCUT2D eigenvalue weighted by Crippen LogP contribution is 2.45. The van der Waals surface area contributed by atoms with E-state index >= 15 is 0 Å². The molecule has 0 aliphatic heterocycles. The van der Waals surface area contributed by atoms with Gasteiger partial charge in [-0.2, -0.15) is 0 Å². The third-order valence-electron chi connectivity index (χ3n) is 24.4. The van der Waals surface area contributed by atoms with E-state index in [0.29, 0.717) is 0 Å². The van der Waals surface area contributed by atoms with Crippen molar-refractivity contribution in [1.29, 1.82) is 0 Å². The summed E-state index contributed by atoms with van der Waals surface area (Å²) in [4.78, 5) is 29.3. The number of hydrogen-bond donors (Lipinski definition) is 0. The molecule has 0 amide bonds. The van der Waals surface area contributed by atoms with Gasteiger partial charge in [-0.05, 0) is 283 Å². The van der Waals surface area contributed by atoms with Crippen LogP contribution in [-0.2, 0) is 77.0 Å². The minimum atomic E-state index is 0.885. The zero-order valence-electron chi connectivity index (χ0n) is 67.1. The predicted molar refractivity (Wildman–Crippen MR) is 499 cm³/mol. The lowest BCUT2D eigenvalue weighted by Gasteiger charge is -2.17. The summed E-state index contributed by atoms with van der Waals surface area (Å²) >= 11 is 0. The van der Waals surface area contributed by atoms with Crippen LogP contribution in [0, 0.1) is 0 Å². The summed E-state index contributed by atoms with van der Waals surface area (Å²) in [5.74, 6) is 0. The Bertz CT molecular complexity index is 6330. The van der Waals surface area contributed by atoms with E-state index in [9.17, 15) is 0 Å². The second-order valence-electron chi connectivity index (χ2n) is 32.1. The molecule has 6 nitrogen and oxygen atoms in total. The van der Waals surface area contributed by atoms with Crippen molar-refractivity contribution < 1.29 is 0 Å². The number of fused-ring (bicyclic) bond motifs is 6. The van der Waals surface area contributed by atoms with E-state index < -0.39 is 0 Å². The molecule has 0 fully saturated rings. The molecule has 0 saturated carbocycles. The average Bonchev–Trinajstić information content (AvgIpc) is 0.701. The van der Waals surface area contributed by atoms with Crippen molar-refractivity contribution >= 4 is 54.1 Å². The number of hydrogen-bond acceptors (Lipinski definition) is 6. The van der Waals surface area contributed by atoms with Crippen LogP contribution < -0.4 is 0 Å². The Morgan fingerprint density at radius 2 is 0.433 bits per heavy atom. The molecule has 0 aliphatic rings. The molecule has 0 atom stereocenters. The summed E-state index contributed by atoms with van der Waals surface area (Å²) in [5.41, 5.74) is 36.4. The lowest BCUT2D eigenvalue weighted by Crippen LogP contribution is -2.02. The highest BCUT2D eigenvalue weighted by molar-refractivity contribution is 6.38. The van der Waals surface area contributed by atoms with Crippen molar-refractivity contribution in [2.24, 2.45) is 0 Å². The number of pyridine rings is 4. The summed E-state index contributed by atoms with van der Waals surface area (Å²) in [6.07, 6.45) is 20.1. The lowest BCUT2D eigenvalue weighted by atomic mass is 9.87. The van der Waals surface area contributed by atoms with Crippen LogP contribution in [0.5, 0.6) is 0 Å². The Hall–Kier alpha value is -14.5. The maximum atomic E-state index is 5.17. The lowest BCUT2D eigenvalue weighted by molar-refractivity contribution is 0.905. The van der Waals surface area contributed by atoms with Crippen LogP contribution in [0.25, 0.3) is 144 Å². The van der Waals surface area contributed by atoms with Gasteiger partial charge in [-0.15, -0.1) is 0 Å². The van der Waals surface area contributed by atoms with Crippen molar-refractivity contribution in [2.75, 3.05) is 0 Å². The van der Waals surface area contributed by atoms with E-state index in [4.69, 9.17) is 29.9 Å². The summed E-state index contributed by atoms with van der Waals surface area (Å²) in [6, 6.07) is 132. The number of aromatic nitrogens is 6. The molecule has 5 heterocycles. The Morgan fingerprint density at radius 3 is 0.717 bits per heavy atom. The first-order valence-corrected chi connectivity index (χ1v) is 42.3. The molecule has 120 heavy (non-hydrogen) atoms. The molecule has 0 spiro atoms. The van der Waals surface area contributed by atoms with Crippen molar-refractivity contribution in [3.8, 4) is 89.5 Å². The summed E-state index contributed by atoms with van der Waals surface area (Å²) < 4.78 is 0. The topological polar surface area (TPSA) is 77.3 Å².